The van der Waals surface area contributed by atoms with Crippen LogP contribution in [0.15, 0.2) is 53.4 Å². The maximum absolute atomic E-state index is 13.5. The molecule has 0 saturated carbocycles. The molecule has 1 amide bonds. The molecular weight excluding hydrogens is 331 g/mol. The van der Waals surface area contributed by atoms with Gasteiger partial charge >= 0.3 is 0 Å². The molecule has 0 saturated heterocycles. The van der Waals surface area contributed by atoms with Crippen molar-refractivity contribution >= 4 is 15.9 Å². The second-order valence-electron chi connectivity index (χ2n) is 5.43. The third kappa shape index (κ3) is 4.39. The Kier molecular flexibility index (Phi) is 5.69. The van der Waals surface area contributed by atoms with Crippen molar-refractivity contribution in [3.05, 3.63) is 65.5 Å². The van der Waals surface area contributed by atoms with E-state index < -0.39 is 15.9 Å². The summed E-state index contributed by atoms with van der Waals surface area (Å²) in [4.78, 5) is 12.1. The quantitative estimate of drug-likeness (QED) is 0.867. The predicted octanol–water partition coefficient (Wildman–Crippen LogP) is 2.07. The number of aryl methyl sites for hydroxylation is 1. The third-order valence-corrected chi connectivity index (χ3v) is 5.36. The summed E-state index contributed by atoms with van der Waals surface area (Å²) in [5, 5.41) is 2.59. The van der Waals surface area contributed by atoms with Crippen LogP contribution in [0.25, 0.3) is 0 Å². The molecule has 0 aliphatic rings. The van der Waals surface area contributed by atoms with Gasteiger partial charge in [0.25, 0.3) is 0 Å². The molecule has 0 atom stereocenters. The largest absolute Gasteiger partial charge is 0.351 e. The highest BCUT2D eigenvalue weighted by Crippen LogP contribution is 2.13. The molecule has 0 unspecified atom stereocenters. The number of sulfonamides is 1. The van der Waals surface area contributed by atoms with Crippen molar-refractivity contribution in [2.75, 3.05) is 13.6 Å². The van der Waals surface area contributed by atoms with Crippen molar-refractivity contribution in [2.24, 2.45) is 0 Å². The van der Waals surface area contributed by atoms with Gasteiger partial charge in [0.15, 0.2) is 0 Å². The topological polar surface area (TPSA) is 66.5 Å². The first-order valence-corrected chi connectivity index (χ1v) is 8.78. The molecule has 0 radical (unpaired) electrons. The average Bonchev–Trinajstić information content (AvgIpc) is 2.56. The van der Waals surface area contributed by atoms with E-state index in [2.05, 4.69) is 5.32 Å². The van der Waals surface area contributed by atoms with E-state index in [1.807, 2.05) is 0 Å². The average molecular weight is 350 g/mol. The number of rotatable bonds is 6. The summed E-state index contributed by atoms with van der Waals surface area (Å²) in [6, 6.07) is 12.6. The van der Waals surface area contributed by atoms with Crippen molar-refractivity contribution in [1.82, 2.24) is 9.62 Å². The Bertz CT molecular complexity index is 823. The van der Waals surface area contributed by atoms with Crippen molar-refractivity contribution < 1.29 is 17.6 Å². The number of amides is 1. The summed E-state index contributed by atoms with van der Waals surface area (Å²) in [5.41, 5.74) is 1.14. The van der Waals surface area contributed by atoms with E-state index in [0.29, 0.717) is 11.1 Å². The first-order valence-electron chi connectivity index (χ1n) is 7.34. The van der Waals surface area contributed by atoms with E-state index in [-0.39, 0.29) is 23.8 Å². The van der Waals surface area contributed by atoms with Crippen LogP contribution in [0.4, 0.5) is 4.39 Å². The lowest BCUT2D eigenvalue weighted by molar-refractivity contribution is -0.121. The van der Waals surface area contributed by atoms with Crippen LogP contribution in [0.2, 0.25) is 0 Å². The van der Waals surface area contributed by atoms with Crippen molar-refractivity contribution in [2.45, 2.75) is 18.4 Å². The molecule has 24 heavy (non-hydrogen) atoms. The van der Waals surface area contributed by atoms with Gasteiger partial charge in [-0.25, -0.2) is 12.8 Å². The Morgan fingerprint density at radius 2 is 1.83 bits per heavy atom. The van der Waals surface area contributed by atoms with Crippen LogP contribution in [0.1, 0.15) is 11.1 Å². The highest BCUT2D eigenvalue weighted by atomic mass is 32.2. The maximum atomic E-state index is 13.5. The first kappa shape index (κ1) is 18.1. The lowest BCUT2D eigenvalue weighted by Crippen LogP contribution is -2.38. The molecule has 0 aliphatic carbocycles. The number of hydrogen-bond donors (Lipinski definition) is 1. The summed E-state index contributed by atoms with van der Waals surface area (Å²) < 4.78 is 39.1. The van der Waals surface area contributed by atoms with Crippen molar-refractivity contribution in [1.29, 1.82) is 0 Å². The fourth-order valence-electron chi connectivity index (χ4n) is 2.06. The summed E-state index contributed by atoms with van der Waals surface area (Å²) in [6.07, 6.45) is 0. The highest BCUT2D eigenvalue weighted by molar-refractivity contribution is 7.89. The summed E-state index contributed by atoms with van der Waals surface area (Å²) in [7, 11) is -2.38. The molecule has 1 N–H and O–H groups in total. The van der Waals surface area contributed by atoms with Crippen LogP contribution in [-0.2, 0) is 21.4 Å². The van der Waals surface area contributed by atoms with Crippen molar-refractivity contribution in [3.63, 3.8) is 0 Å². The summed E-state index contributed by atoms with van der Waals surface area (Å²) in [6.45, 7) is 1.47. The second kappa shape index (κ2) is 7.55. The molecule has 5 nitrogen and oxygen atoms in total. The van der Waals surface area contributed by atoms with Crippen LogP contribution < -0.4 is 5.32 Å². The summed E-state index contributed by atoms with van der Waals surface area (Å²) >= 11 is 0. The van der Waals surface area contributed by atoms with E-state index in [4.69, 9.17) is 0 Å². The van der Waals surface area contributed by atoms with Gasteiger partial charge in [0.1, 0.15) is 5.82 Å². The predicted molar refractivity (Wildman–Crippen MR) is 89.2 cm³/mol. The number of carbonyl (C=O) groups is 1. The normalized spacial score (nSPS) is 11.5. The van der Waals surface area contributed by atoms with Gasteiger partial charge in [-0.15, -0.1) is 0 Å². The Balaban J connectivity index is 1.95. The van der Waals surface area contributed by atoms with Crippen LogP contribution in [0.3, 0.4) is 0 Å². The zero-order chi connectivity index (χ0) is 17.7. The SMILES string of the molecule is Cc1ccc(CNC(=O)CN(C)S(=O)(=O)c2ccccc2)cc1F. The first-order chi connectivity index (χ1) is 11.3. The molecule has 0 fully saturated rings. The zero-order valence-corrected chi connectivity index (χ0v) is 14.3. The molecule has 0 aromatic heterocycles. The Morgan fingerprint density at radius 1 is 1.17 bits per heavy atom. The summed E-state index contributed by atoms with van der Waals surface area (Å²) in [5.74, 6) is -0.802. The minimum atomic E-state index is -3.72. The van der Waals surface area contributed by atoms with Crippen molar-refractivity contribution in [3.8, 4) is 0 Å². The molecule has 0 heterocycles. The van der Waals surface area contributed by atoms with Gasteiger partial charge in [-0.05, 0) is 36.2 Å². The number of hydrogen-bond acceptors (Lipinski definition) is 3. The van der Waals surface area contributed by atoms with Gasteiger partial charge in [0.2, 0.25) is 15.9 Å². The standard InChI is InChI=1S/C17H19FN2O3S/c1-13-8-9-14(10-16(13)18)11-19-17(21)12-20(2)24(22,23)15-6-4-3-5-7-15/h3-10H,11-12H2,1-2H3,(H,19,21). The van der Waals surface area contributed by atoms with Gasteiger partial charge in [-0.3, -0.25) is 4.79 Å². The smallest absolute Gasteiger partial charge is 0.243 e. The maximum Gasteiger partial charge on any atom is 0.243 e. The zero-order valence-electron chi connectivity index (χ0n) is 13.5. The van der Waals surface area contributed by atoms with Gasteiger partial charge in [-0.2, -0.15) is 4.31 Å². The Labute approximate surface area is 141 Å². The van der Waals surface area contributed by atoms with Crippen LogP contribution in [0.5, 0.6) is 0 Å². The Morgan fingerprint density at radius 3 is 2.46 bits per heavy atom. The molecular formula is C17H19FN2O3S. The van der Waals surface area contributed by atoms with Crippen LogP contribution >= 0.6 is 0 Å². The highest BCUT2D eigenvalue weighted by Gasteiger charge is 2.22. The van der Waals surface area contributed by atoms with Gasteiger partial charge < -0.3 is 5.32 Å². The third-order valence-electron chi connectivity index (χ3n) is 3.54. The lowest BCUT2D eigenvalue weighted by atomic mass is 10.1. The van der Waals surface area contributed by atoms with Gasteiger partial charge in [0, 0.05) is 13.6 Å². The molecule has 2 rings (SSSR count). The number of benzene rings is 2. The minimum absolute atomic E-state index is 0.126. The number of carbonyl (C=O) groups excluding carboxylic acids is 1. The van der Waals surface area contributed by atoms with Gasteiger partial charge in [0.05, 0.1) is 11.4 Å². The molecule has 2 aromatic rings. The second-order valence-corrected chi connectivity index (χ2v) is 7.48. The lowest BCUT2D eigenvalue weighted by Gasteiger charge is -2.17. The van der Waals surface area contributed by atoms with E-state index in [1.54, 1.807) is 37.3 Å². The molecule has 0 spiro atoms. The minimum Gasteiger partial charge on any atom is -0.351 e. The number of nitrogens with one attached hydrogen (secondary N) is 1. The number of nitrogens with zero attached hydrogens (tertiary/aromatic N) is 1. The van der Waals surface area contributed by atoms with Crippen LogP contribution in [0, 0.1) is 12.7 Å². The molecule has 128 valence electrons. The monoisotopic (exact) mass is 350 g/mol. The molecule has 7 heteroatoms. The van der Waals surface area contributed by atoms with E-state index in [1.165, 1.54) is 25.2 Å². The van der Waals surface area contributed by atoms with Gasteiger partial charge in [-0.1, -0.05) is 30.3 Å². The fraction of sp³-hybridized carbons (Fsp3) is 0.235. The molecule has 0 aliphatic heterocycles. The van der Waals surface area contributed by atoms with E-state index in [0.717, 1.165) is 4.31 Å². The molecule has 2 aromatic carbocycles. The Hall–Kier alpha value is -2.25. The fourth-order valence-corrected chi connectivity index (χ4v) is 3.21. The van der Waals surface area contributed by atoms with Crippen LogP contribution in [-0.4, -0.2) is 32.2 Å². The van der Waals surface area contributed by atoms with E-state index in [9.17, 15) is 17.6 Å². The molecule has 0 bridgehead atoms. The number of halogens is 1. The number of likely N-dealkylation sites (N-methyl/N-ethyl adjacent to an activating group) is 1. The van der Waals surface area contributed by atoms with E-state index >= 15 is 0 Å².